The summed E-state index contributed by atoms with van der Waals surface area (Å²) in [4.78, 5) is 12.1. The fraction of sp³-hybridized carbons (Fsp3) is 0.316. The molecule has 4 nitrogen and oxygen atoms in total. The molecule has 0 bridgehead atoms. The molecule has 3 rings (SSSR count). The molecule has 0 fully saturated rings. The molecule has 0 spiro atoms. The number of benzene rings is 2. The van der Waals surface area contributed by atoms with E-state index in [0.717, 1.165) is 30.0 Å². The molecule has 1 heterocycles. The number of aryl methyl sites for hydroxylation is 1. The van der Waals surface area contributed by atoms with Gasteiger partial charge in [-0.05, 0) is 34.7 Å². The summed E-state index contributed by atoms with van der Waals surface area (Å²) >= 11 is 0. The Morgan fingerprint density at radius 3 is 2.79 bits per heavy atom. The number of carbonyl (C=O) groups excluding carboxylic acids is 1. The molecule has 0 saturated heterocycles. The normalized spacial score (nSPS) is 12.2. The van der Waals surface area contributed by atoms with E-state index >= 15 is 0 Å². The molecule has 0 aromatic heterocycles. The number of fused-ring (bicyclic) bond motifs is 1. The van der Waals surface area contributed by atoms with Crippen LogP contribution in [-0.2, 0) is 30.8 Å². The Morgan fingerprint density at radius 2 is 1.96 bits per heavy atom. The summed E-state index contributed by atoms with van der Waals surface area (Å²) in [6.45, 7) is 2.45. The van der Waals surface area contributed by atoms with Gasteiger partial charge in [0.15, 0.2) is 0 Å². The maximum absolute atomic E-state index is 12.1. The average Bonchev–Trinajstić information content (AvgIpc) is 3.06. The van der Waals surface area contributed by atoms with Gasteiger partial charge in [-0.25, -0.2) is 0 Å². The Kier molecular flexibility index (Phi) is 6.64. The minimum Gasteiger partial charge on any atom is -0.496 e. The fourth-order valence-electron chi connectivity index (χ4n) is 2.90. The minimum absolute atomic E-state index is 0. The first-order valence-corrected chi connectivity index (χ1v) is 7.96. The lowest BCUT2D eigenvalue weighted by molar-refractivity contribution is -0.121. The van der Waals surface area contributed by atoms with Crippen LogP contribution in [-0.4, -0.2) is 13.0 Å². The SMILES string of the molecule is COc1ccccc1CCC(=O)NCc1ccc2c(c1)CNC2.Cl. The van der Waals surface area contributed by atoms with Gasteiger partial charge >= 0.3 is 0 Å². The number of hydrogen-bond donors (Lipinski definition) is 2. The van der Waals surface area contributed by atoms with Crippen LogP contribution in [0.1, 0.15) is 28.7 Å². The maximum Gasteiger partial charge on any atom is 0.220 e. The van der Waals surface area contributed by atoms with Crippen LogP contribution in [0.15, 0.2) is 42.5 Å². The number of nitrogens with one attached hydrogen (secondary N) is 2. The number of para-hydroxylation sites is 1. The third-order valence-corrected chi connectivity index (χ3v) is 4.21. The molecule has 24 heavy (non-hydrogen) atoms. The van der Waals surface area contributed by atoms with E-state index in [-0.39, 0.29) is 18.3 Å². The molecule has 128 valence electrons. The fourth-order valence-corrected chi connectivity index (χ4v) is 2.90. The van der Waals surface area contributed by atoms with Crippen molar-refractivity contribution in [3.05, 3.63) is 64.7 Å². The molecule has 2 aromatic carbocycles. The van der Waals surface area contributed by atoms with E-state index in [1.165, 1.54) is 11.1 Å². The van der Waals surface area contributed by atoms with Gasteiger partial charge in [0.2, 0.25) is 5.91 Å². The van der Waals surface area contributed by atoms with Crippen molar-refractivity contribution in [3.8, 4) is 5.75 Å². The highest BCUT2D eigenvalue weighted by Gasteiger charge is 2.10. The van der Waals surface area contributed by atoms with E-state index in [1.807, 2.05) is 24.3 Å². The number of halogens is 1. The van der Waals surface area contributed by atoms with Crippen molar-refractivity contribution >= 4 is 18.3 Å². The smallest absolute Gasteiger partial charge is 0.220 e. The first kappa shape index (κ1) is 18.3. The summed E-state index contributed by atoms with van der Waals surface area (Å²) in [6, 6.07) is 14.2. The van der Waals surface area contributed by atoms with E-state index in [4.69, 9.17) is 4.74 Å². The van der Waals surface area contributed by atoms with Gasteiger partial charge in [0.1, 0.15) is 5.75 Å². The van der Waals surface area contributed by atoms with Crippen molar-refractivity contribution < 1.29 is 9.53 Å². The molecule has 1 amide bonds. The predicted molar refractivity (Wildman–Crippen MR) is 97.4 cm³/mol. The topological polar surface area (TPSA) is 50.4 Å². The molecule has 0 aliphatic carbocycles. The third-order valence-electron chi connectivity index (χ3n) is 4.21. The Hall–Kier alpha value is -2.04. The van der Waals surface area contributed by atoms with Gasteiger partial charge in [-0.15, -0.1) is 12.4 Å². The molecule has 5 heteroatoms. The Labute approximate surface area is 149 Å². The Bertz CT molecular complexity index is 704. The summed E-state index contributed by atoms with van der Waals surface area (Å²) in [5.74, 6) is 0.904. The van der Waals surface area contributed by atoms with Gasteiger partial charge in [0.05, 0.1) is 7.11 Å². The highest BCUT2D eigenvalue weighted by molar-refractivity contribution is 5.85. The lowest BCUT2D eigenvalue weighted by Gasteiger charge is -2.09. The molecule has 0 saturated carbocycles. The second kappa shape index (κ2) is 8.71. The summed E-state index contributed by atoms with van der Waals surface area (Å²) in [6.07, 6.45) is 1.15. The molecule has 0 radical (unpaired) electrons. The summed E-state index contributed by atoms with van der Waals surface area (Å²) in [5.41, 5.74) is 4.91. The van der Waals surface area contributed by atoms with Gasteiger partial charge in [0, 0.05) is 26.1 Å². The summed E-state index contributed by atoms with van der Waals surface area (Å²) < 4.78 is 5.31. The van der Waals surface area contributed by atoms with Crippen LogP contribution in [0.2, 0.25) is 0 Å². The summed E-state index contributed by atoms with van der Waals surface area (Å²) in [7, 11) is 1.65. The Balaban J connectivity index is 0.00000208. The number of hydrogen-bond acceptors (Lipinski definition) is 3. The molecular weight excluding hydrogens is 324 g/mol. The average molecular weight is 347 g/mol. The zero-order valence-corrected chi connectivity index (χ0v) is 14.6. The van der Waals surface area contributed by atoms with Crippen molar-refractivity contribution in [1.82, 2.24) is 10.6 Å². The van der Waals surface area contributed by atoms with Crippen molar-refractivity contribution in [1.29, 1.82) is 0 Å². The zero-order chi connectivity index (χ0) is 16.1. The zero-order valence-electron chi connectivity index (χ0n) is 13.8. The number of methoxy groups -OCH3 is 1. The lowest BCUT2D eigenvalue weighted by Crippen LogP contribution is -2.23. The quantitative estimate of drug-likeness (QED) is 0.845. The van der Waals surface area contributed by atoms with Crippen LogP contribution in [0, 0.1) is 0 Å². The first-order valence-electron chi connectivity index (χ1n) is 7.96. The van der Waals surface area contributed by atoms with E-state index in [9.17, 15) is 4.79 Å². The van der Waals surface area contributed by atoms with Crippen LogP contribution < -0.4 is 15.4 Å². The monoisotopic (exact) mass is 346 g/mol. The van der Waals surface area contributed by atoms with Crippen molar-refractivity contribution in [3.63, 3.8) is 0 Å². The highest BCUT2D eigenvalue weighted by Crippen LogP contribution is 2.19. The molecule has 2 N–H and O–H groups in total. The van der Waals surface area contributed by atoms with Gasteiger partial charge in [-0.2, -0.15) is 0 Å². The summed E-state index contributed by atoms with van der Waals surface area (Å²) in [5, 5.41) is 6.33. The van der Waals surface area contributed by atoms with E-state index in [0.29, 0.717) is 19.4 Å². The highest BCUT2D eigenvalue weighted by atomic mass is 35.5. The molecular formula is C19H23ClN2O2. The first-order chi connectivity index (χ1) is 11.3. The molecule has 0 unspecified atom stereocenters. The number of ether oxygens (including phenoxy) is 1. The predicted octanol–water partition coefficient (Wildman–Crippen LogP) is 2.97. The molecule has 0 atom stereocenters. The number of carbonyl (C=O) groups is 1. The maximum atomic E-state index is 12.1. The van der Waals surface area contributed by atoms with Crippen molar-refractivity contribution in [2.45, 2.75) is 32.5 Å². The second-order valence-corrected chi connectivity index (χ2v) is 5.80. The van der Waals surface area contributed by atoms with Crippen LogP contribution in [0.4, 0.5) is 0 Å². The lowest BCUT2D eigenvalue weighted by atomic mass is 10.1. The van der Waals surface area contributed by atoms with Crippen molar-refractivity contribution in [2.24, 2.45) is 0 Å². The molecule has 1 aliphatic rings. The van der Waals surface area contributed by atoms with Crippen LogP contribution in [0.5, 0.6) is 5.75 Å². The second-order valence-electron chi connectivity index (χ2n) is 5.80. The van der Waals surface area contributed by atoms with Gasteiger partial charge in [0.25, 0.3) is 0 Å². The van der Waals surface area contributed by atoms with E-state index < -0.39 is 0 Å². The van der Waals surface area contributed by atoms with E-state index in [2.05, 4.69) is 28.8 Å². The van der Waals surface area contributed by atoms with Crippen LogP contribution in [0.25, 0.3) is 0 Å². The minimum atomic E-state index is 0. The number of rotatable bonds is 6. The third kappa shape index (κ3) is 4.49. The largest absolute Gasteiger partial charge is 0.496 e. The van der Waals surface area contributed by atoms with Gasteiger partial charge in [-0.1, -0.05) is 36.4 Å². The Morgan fingerprint density at radius 1 is 1.17 bits per heavy atom. The van der Waals surface area contributed by atoms with Crippen LogP contribution in [0.3, 0.4) is 0 Å². The number of amides is 1. The van der Waals surface area contributed by atoms with Crippen LogP contribution >= 0.6 is 12.4 Å². The standard InChI is InChI=1S/C19H22N2O2.ClH/c1-23-18-5-3-2-4-15(18)8-9-19(22)21-11-14-6-7-16-12-20-13-17(16)10-14;/h2-7,10,20H,8-9,11-13H2,1H3,(H,21,22);1H. The van der Waals surface area contributed by atoms with Gasteiger partial charge < -0.3 is 15.4 Å². The molecule has 2 aromatic rings. The van der Waals surface area contributed by atoms with Crippen molar-refractivity contribution in [2.75, 3.05) is 7.11 Å². The van der Waals surface area contributed by atoms with E-state index in [1.54, 1.807) is 7.11 Å². The van der Waals surface area contributed by atoms with Gasteiger partial charge in [-0.3, -0.25) is 4.79 Å². The molecule has 1 aliphatic heterocycles.